The maximum atomic E-state index is 15.6. The number of nitrogens with zero attached hydrogens (tertiary/aromatic N) is 3. The van der Waals surface area contributed by atoms with Crippen molar-refractivity contribution in [3.8, 4) is 16.9 Å². The van der Waals surface area contributed by atoms with E-state index in [1.54, 1.807) is 4.57 Å². The van der Waals surface area contributed by atoms with Crippen molar-refractivity contribution in [1.82, 2.24) is 19.9 Å². The molecule has 2 aromatic heterocycles. The first kappa shape index (κ1) is 32.0. The van der Waals surface area contributed by atoms with Gasteiger partial charge in [-0.05, 0) is 60.0 Å². The number of carbonyl (C=O) groups is 2. The van der Waals surface area contributed by atoms with Crippen molar-refractivity contribution in [1.29, 1.82) is 0 Å². The van der Waals surface area contributed by atoms with Gasteiger partial charge >= 0.3 is 5.97 Å². The fourth-order valence-electron chi connectivity index (χ4n) is 5.19. The molecule has 47 heavy (non-hydrogen) atoms. The number of hydrogen-bond acceptors (Lipinski definition) is 6. The molecule has 0 aliphatic carbocycles. The molecule has 6 rings (SSSR count). The Bertz CT molecular complexity index is 2050. The highest BCUT2D eigenvalue weighted by Crippen LogP contribution is 2.32. The molecule has 0 spiro atoms. The van der Waals surface area contributed by atoms with Crippen LogP contribution in [0.2, 0.25) is 5.02 Å². The van der Waals surface area contributed by atoms with Crippen molar-refractivity contribution in [3.63, 3.8) is 0 Å². The lowest BCUT2D eigenvalue weighted by atomic mass is 10.0. The summed E-state index contributed by atoms with van der Waals surface area (Å²) in [7, 11) is 1.44. The first-order chi connectivity index (χ1) is 22.5. The van der Waals surface area contributed by atoms with Crippen LogP contribution in [0.4, 0.5) is 17.6 Å². The Hall–Kier alpha value is -5.01. The first-order valence-corrected chi connectivity index (χ1v) is 14.7. The van der Waals surface area contributed by atoms with Crippen LogP contribution in [0.15, 0.2) is 54.7 Å². The number of carboxylic acid groups (broad SMARTS) is 1. The van der Waals surface area contributed by atoms with E-state index in [1.165, 1.54) is 37.5 Å². The third-order valence-corrected chi connectivity index (χ3v) is 8.16. The average Bonchev–Trinajstić information content (AvgIpc) is 3.37. The number of benzene rings is 3. The number of rotatable bonds is 10. The van der Waals surface area contributed by atoms with Gasteiger partial charge < -0.3 is 24.5 Å². The molecule has 1 atom stereocenters. The van der Waals surface area contributed by atoms with Crippen LogP contribution in [0.3, 0.4) is 0 Å². The Morgan fingerprint density at radius 2 is 1.83 bits per heavy atom. The first-order valence-electron chi connectivity index (χ1n) is 14.3. The largest absolute Gasteiger partial charge is 0.486 e. The number of ether oxygens (including phenoxy) is 2. The molecular formula is C33H25ClF4N4O5. The number of hydrogen-bond donors (Lipinski definition) is 2. The summed E-state index contributed by atoms with van der Waals surface area (Å²) in [6, 6.07) is 8.97. The quantitative estimate of drug-likeness (QED) is 0.167. The van der Waals surface area contributed by atoms with E-state index in [9.17, 15) is 23.5 Å². The summed E-state index contributed by atoms with van der Waals surface area (Å²) in [5.41, 5.74) is 0.140. The molecule has 1 aliphatic rings. The van der Waals surface area contributed by atoms with Gasteiger partial charge in [-0.15, -0.1) is 0 Å². The van der Waals surface area contributed by atoms with Crippen molar-refractivity contribution in [3.05, 3.63) is 111 Å². The lowest BCUT2D eigenvalue weighted by Gasteiger charge is -2.27. The van der Waals surface area contributed by atoms with Crippen molar-refractivity contribution in [2.24, 2.45) is 0 Å². The fourth-order valence-corrected chi connectivity index (χ4v) is 5.40. The Balaban J connectivity index is 1.27. The van der Waals surface area contributed by atoms with Crippen LogP contribution in [0.5, 0.6) is 5.75 Å². The Labute approximate surface area is 269 Å². The Morgan fingerprint density at radius 1 is 1.04 bits per heavy atom. The predicted octanol–water partition coefficient (Wildman–Crippen LogP) is 6.32. The van der Waals surface area contributed by atoms with Crippen molar-refractivity contribution < 1.29 is 41.7 Å². The molecule has 9 nitrogen and oxygen atoms in total. The van der Waals surface area contributed by atoms with E-state index in [0.717, 1.165) is 30.7 Å². The second-order valence-electron chi connectivity index (χ2n) is 10.8. The number of aromatic carboxylic acids is 1. The number of carboxylic acids is 1. The number of halogens is 5. The van der Waals surface area contributed by atoms with Crippen LogP contribution < -0.4 is 10.1 Å². The van der Waals surface area contributed by atoms with E-state index >= 15 is 8.78 Å². The maximum Gasteiger partial charge on any atom is 0.335 e. The third-order valence-electron chi connectivity index (χ3n) is 7.81. The molecule has 0 saturated carbocycles. The second kappa shape index (κ2) is 13.0. The minimum Gasteiger partial charge on any atom is -0.486 e. The molecule has 1 amide bonds. The van der Waals surface area contributed by atoms with E-state index < -0.39 is 35.1 Å². The zero-order chi connectivity index (χ0) is 33.4. The number of aromatic nitrogens is 3. The smallest absolute Gasteiger partial charge is 0.335 e. The van der Waals surface area contributed by atoms with Gasteiger partial charge in [-0.25, -0.2) is 27.3 Å². The lowest BCUT2D eigenvalue weighted by Crippen LogP contribution is -2.31. The molecule has 0 unspecified atom stereocenters. The van der Waals surface area contributed by atoms with Crippen molar-refractivity contribution >= 4 is 34.5 Å². The lowest BCUT2D eigenvalue weighted by molar-refractivity contribution is -0.0589. The minimum absolute atomic E-state index is 0.0829. The summed E-state index contributed by atoms with van der Waals surface area (Å²) >= 11 is 6.23. The standard InChI is InChI=1S/C33H25ClF4N4O5/c1-39-32(43)27-12-22(34)19(13-40-27)15-47-29-9-16(2-3-23(29)35)21-11-24(36)17(6-25(21)37)10-30-41-31-26(38)7-18(33(44)45)8-28(31)42(30)14-20-4-5-46-20/h2-3,6-9,11-13,20H,4-5,10,14-15H2,1H3,(H,39,43)(H,44,45)/t20-/m0/s1. The number of fused-ring (bicyclic) bond motifs is 1. The van der Waals surface area contributed by atoms with E-state index in [2.05, 4.69) is 15.3 Å². The molecule has 0 radical (unpaired) electrons. The number of carbonyl (C=O) groups excluding carboxylic acids is 1. The Kier molecular flexibility index (Phi) is 8.84. The number of nitrogens with one attached hydrogen (secondary N) is 1. The molecule has 14 heteroatoms. The average molecular weight is 669 g/mol. The van der Waals surface area contributed by atoms with Gasteiger partial charge in [-0.1, -0.05) is 17.7 Å². The zero-order valence-corrected chi connectivity index (χ0v) is 25.4. The monoisotopic (exact) mass is 668 g/mol. The van der Waals surface area contributed by atoms with Gasteiger partial charge in [0.1, 0.15) is 35.3 Å². The van der Waals surface area contributed by atoms with Crippen LogP contribution in [0.25, 0.3) is 22.2 Å². The SMILES string of the molecule is CNC(=O)c1cc(Cl)c(COc2cc(-c3cc(F)c(Cc4nc5c(F)cc(C(=O)O)cc5n4C[C@@H]4CCO4)cc3F)ccc2F)cn1. The predicted molar refractivity (Wildman–Crippen MR) is 163 cm³/mol. The fraction of sp³-hybridized carbons (Fsp3) is 0.212. The van der Waals surface area contributed by atoms with Gasteiger partial charge in [0.25, 0.3) is 5.91 Å². The van der Waals surface area contributed by atoms with Crippen molar-refractivity contribution in [2.45, 2.75) is 32.1 Å². The van der Waals surface area contributed by atoms with Crippen LogP contribution in [-0.2, 0) is 24.3 Å². The highest BCUT2D eigenvalue weighted by Gasteiger charge is 2.25. The molecule has 1 fully saturated rings. The van der Waals surface area contributed by atoms with Crippen LogP contribution in [0.1, 0.15) is 44.2 Å². The van der Waals surface area contributed by atoms with Gasteiger partial charge in [-0.3, -0.25) is 9.78 Å². The second-order valence-corrected chi connectivity index (χ2v) is 11.2. The molecule has 3 aromatic carbocycles. The third kappa shape index (κ3) is 6.49. The summed E-state index contributed by atoms with van der Waals surface area (Å²) in [4.78, 5) is 31.7. The molecule has 3 heterocycles. The summed E-state index contributed by atoms with van der Waals surface area (Å²) in [6.07, 6.45) is 1.57. The normalized spacial score (nSPS) is 14.2. The highest BCUT2D eigenvalue weighted by atomic mass is 35.5. The van der Waals surface area contributed by atoms with Gasteiger partial charge in [0, 0.05) is 37.4 Å². The Morgan fingerprint density at radius 3 is 2.51 bits per heavy atom. The van der Waals surface area contributed by atoms with Crippen molar-refractivity contribution in [2.75, 3.05) is 13.7 Å². The van der Waals surface area contributed by atoms with Gasteiger partial charge in [0.2, 0.25) is 0 Å². The molecule has 0 bridgehead atoms. The molecule has 242 valence electrons. The van der Waals surface area contributed by atoms with Gasteiger partial charge in [0.05, 0.1) is 28.8 Å². The highest BCUT2D eigenvalue weighted by molar-refractivity contribution is 6.31. The van der Waals surface area contributed by atoms with Gasteiger partial charge in [0.15, 0.2) is 17.4 Å². The molecule has 1 saturated heterocycles. The van der Waals surface area contributed by atoms with Crippen LogP contribution in [0, 0.1) is 23.3 Å². The summed E-state index contributed by atoms with van der Waals surface area (Å²) in [5.74, 6) is -5.06. The summed E-state index contributed by atoms with van der Waals surface area (Å²) in [5, 5.41) is 12.0. The van der Waals surface area contributed by atoms with Crippen LogP contribution in [-0.4, -0.2) is 51.3 Å². The maximum absolute atomic E-state index is 15.6. The molecular weight excluding hydrogens is 644 g/mol. The zero-order valence-electron chi connectivity index (χ0n) is 24.6. The van der Waals surface area contributed by atoms with E-state index in [1.807, 2.05) is 0 Å². The van der Waals surface area contributed by atoms with E-state index in [-0.39, 0.29) is 81.3 Å². The number of imidazole rings is 1. The molecule has 5 aromatic rings. The number of pyridine rings is 1. The summed E-state index contributed by atoms with van der Waals surface area (Å²) < 4.78 is 73.3. The van der Waals surface area contributed by atoms with Crippen LogP contribution >= 0.6 is 11.6 Å². The van der Waals surface area contributed by atoms with Gasteiger partial charge in [-0.2, -0.15) is 0 Å². The topological polar surface area (TPSA) is 116 Å². The van der Waals surface area contributed by atoms with E-state index in [4.69, 9.17) is 21.1 Å². The molecule has 1 aliphatic heterocycles. The number of amides is 1. The minimum atomic E-state index is -1.32. The summed E-state index contributed by atoms with van der Waals surface area (Å²) in [6.45, 7) is 0.530. The van der Waals surface area contributed by atoms with E-state index in [0.29, 0.717) is 12.2 Å². The molecule has 2 N–H and O–H groups in total.